The number of rotatable bonds is 13. The van der Waals surface area contributed by atoms with Gasteiger partial charge in [-0.3, -0.25) is 0 Å². The summed E-state index contributed by atoms with van der Waals surface area (Å²) < 4.78 is 0. The van der Waals surface area contributed by atoms with Gasteiger partial charge in [-0.1, -0.05) is 20.3 Å². The van der Waals surface area contributed by atoms with Crippen LogP contribution in [0.3, 0.4) is 0 Å². The normalized spacial score (nSPS) is 16.7. The van der Waals surface area contributed by atoms with Gasteiger partial charge in [0.1, 0.15) is 25.1 Å². The van der Waals surface area contributed by atoms with Gasteiger partial charge in [-0.25, -0.2) is 0 Å². The summed E-state index contributed by atoms with van der Waals surface area (Å²) >= 11 is 0. The molecule has 0 saturated carbocycles. The van der Waals surface area contributed by atoms with Crippen molar-refractivity contribution >= 4 is 25.1 Å². The van der Waals surface area contributed by atoms with Crippen LogP contribution in [-0.4, -0.2) is 25.1 Å². The molecule has 20 heavy (non-hydrogen) atoms. The summed E-state index contributed by atoms with van der Waals surface area (Å²) in [4.78, 5) is 43.3. The fourth-order valence-corrected chi connectivity index (χ4v) is 2.37. The van der Waals surface area contributed by atoms with Crippen LogP contribution in [0, 0.1) is 23.7 Å². The molecule has 114 valence electrons. The Bertz CT molecular complexity index is 301. The van der Waals surface area contributed by atoms with Crippen LogP contribution in [-0.2, 0) is 19.2 Å². The first-order valence-electron chi connectivity index (χ1n) is 7.42. The lowest BCUT2D eigenvalue weighted by molar-refractivity contribution is -0.114. The first-order chi connectivity index (χ1) is 9.60. The van der Waals surface area contributed by atoms with E-state index in [0.29, 0.717) is 25.7 Å². The molecule has 0 aromatic rings. The number of hydrogen-bond donors (Lipinski definition) is 0. The minimum Gasteiger partial charge on any atom is -0.303 e. The van der Waals surface area contributed by atoms with Gasteiger partial charge < -0.3 is 19.2 Å². The molecule has 0 spiro atoms. The Balaban J connectivity index is 4.09. The van der Waals surface area contributed by atoms with Gasteiger partial charge in [-0.15, -0.1) is 0 Å². The molecule has 0 aliphatic heterocycles. The van der Waals surface area contributed by atoms with E-state index in [1.165, 1.54) is 0 Å². The quantitative estimate of drug-likeness (QED) is 0.487. The average Bonchev–Trinajstić information content (AvgIpc) is 2.49. The molecular formula is C16H26O4. The van der Waals surface area contributed by atoms with Gasteiger partial charge in [0, 0.05) is 23.7 Å². The van der Waals surface area contributed by atoms with Crippen LogP contribution in [0.5, 0.6) is 0 Å². The lowest BCUT2D eigenvalue weighted by Gasteiger charge is -2.16. The molecule has 0 rings (SSSR count). The minimum absolute atomic E-state index is 0.0536. The molecule has 0 aliphatic rings. The SMILES string of the molecule is CCC(C=O)CC(C=O)CCCC(C=O)CC(C)C=O. The van der Waals surface area contributed by atoms with Crippen molar-refractivity contribution in [3.8, 4) is 0 Å². The van der Waals surface area contributed by atoms with Crippen molar-refractivity contribution < 1.29 is 19.2 Å². The monoisotopic (exact) mass is 282 g/mol. The Hall–Kier alpha value is -1.32. The zero-order valence-corrected chi connectivity index (χ0v) is 12.5. The Morgan fingerprint density at radius 1 is 0.750 bits per heavy atom. The molecule has 0 amide bonds. The zero-order valence-electron chi connectivity index (χ0n) is 12.5. The van der Waals surface area contributed by atoms with Crippen LogP contribution in [0.4, 0.5) is 0 Å². The Morgan fingerprint density at radius 3 is 1.65 bits per heavy atom. The highest BCUT2D eigenvalue weighted by Crippen LogP contribution is 2.21. The molecule has 0 bridgehead atoms. The van der Waals surface area contributed by atoms with E-state index in [4.69, 9.17) is 0 Å². The molecule has 0 aliphatic carbocycles. The topological polar surface area (TPSA) is 68.3 Å². The zero-order chi connectivity index (χ0) is 15.4. The van der Waals surface area contributed by atoms with E-state index in [9.17, 15) is 19.2 Å². The van der Waals surface area contributed by atoms with Crippen LogP contribution in [0.15, 0.2) is 0 Å². The molecule has 0 heterocycles. The summed E-state index contributed by atoms with van der Waals surface area (Å²) in [6, 6.07) is 0. The van der Waals surface area contributed by atoms with Gasteiger partial charge in [-0.2, -0.15) is 0 Å². The molecule has 0 N–H and O–H groups in total. The molecule has 0 aromatic carbocycles. The molecule has 4 heteroatoms. The highest BCUT2D eigenvalue weighted by molar-refractivity contribution is 5.58. The van der Waals surface area contributed by atoms with E-state index in [1.807, 2.05) is 6.92 Å². The smallest absolute Gasteiger partial charge is 0.123 e. The van der Waals surface area contributed by atoms with Crippen LogP contribution >= 0.6 is 0 Å². The largest absolute Gasteiger partial charge is 0.303 e. The molecule has 4 atom stereocenters. The standard InChI is InChI=1S/C16H26O4/c1-3-14(10-18)8-16(12-20)6-4-5-15(11-19)7-13(2)9-17/h9-16H,3-8H2,1-2H3. The van der Waals surface area contributed by atoms with Crippen LogP contribution in [0.2, 0.25) is 0 Å². The molecule has 0 radical (unpaired) electrons. The fraction of sp³-hybridized carbons (Fsp3) is 0.750. The predicted molar refractivity (Wildman–Crippen MR) is 77.3 cm³/mol. The number of hydrogen-bond acceptors (Lipinski definition) is 4. The molecule has 0 saturated heterocycles. The van der Waals surface area contributed by atoms with Crippen LogP contribution in [0.1, 0.15) is 52.4 Å². The minimum atomic E-state index is -0.115. The van der Waals surface area contributed by atoms with E-state index in [1.54, 1.807) is 6.92 Å². The van der Waals surface area contributed by atoms with Crippen molar-refractivity contribution in [2.24, 2.45) is 23.7 Å². The molecule has 4 unspecified atom stereocenters. The van der Waals surface area contributed by atoms with Crippen LogP contribution in [0.25, 0.3) is 0 Å². The van der Waals surface area contributed by atoms with Gasteiger partial charge in [0.2, 0.25) is 0 Å². The maximum atomic E-state index is 11.0. The van der Waals surface area contributed by atoms with Gasteiger partial charge in [0.25, 0.3) is 0 Å². The Labute approximate surface area is 121 Å². The summed E-state index contributed by atoms with van der Waals surface area (Å²) in [5, 5.41) is 0. The lowest BCUT2D eigenvalue weighted by atomic mass is 9.88. The second-order valence-electron chi connectivity index (χ2n) is 5.61. The van der Waals surface area contributed by atoms with Gasteiger partial charge in [-0.05, 0) is 32.1 Å². The summed E-state index contributed by atoms with van der Waals surface area (Å²) in [6.07, 6.45) is 7.68. The highest BCUT2D eigenvalue weighted by atomic mass is 16.1. The van der Waals surface area contributed by atoms with Gasteiger partial charge in [0.15, 0.2) is 0 Å². The van der Waals surface area contributed by atoms with Crippen molar-refractivity contribution in [2.75, 3.05) is 0 Å². The first-order valence-corrected chi connectivity index (χ1v) is 7.42. The number of carbonyl (C=O) groups is 4. The molecule has 4 nitrogen and oxygen atoms in total. The maximum Gasteiger partial charge on any atom is 0.123 e. The molecule has 0 aromatic heterocycles. The van der Waals surface area contributed by atoms with Crippen molar-refractivity contribution in [2.45, 2.75) is 52.4 Å². The third kappa shape index (κ3) is 7.97. The lowest BCUT2D eigenvalue weighted by Crippen LogP contribution is -2.13. The number of aldehydes is 4. The third-order valence-electron chi connectivity index (χ3n) is 3.76. The van der Waals surface area contributed by atoms with E-state index >= 15 is 0 Å². The van der Waals surface area contributed by atoms with Crippen molar-refractivity contribution in [1.29, 1.82) is 0 Å². The average molecular weight is 282 g/mol. The first kappa shape index (κ1) is 18.7. The summed E-state index contributed by atoms with van der Waals surface area (Å²) in [6.45, 7) is 3.73. The third-order valence-corrected chi connectivity index (χ3v) is 3.76. The fourth-order valence-electron chi connectivity index (χ4n) is 2.37. The van der Waals surface area contributed by atoms with Crippen LogP contribution < -0.4 is 0 Å². The van der Waals surface area contributed by atoms with E-state index in [2.05, 4.69) is 0 Å². The van der Waals surface area contributed by atoms with E-state index < -0.39 is 0 Å². The van der Waals surface area contributed by atoms with Crippen molar-refractivity contribution in [3.63, 3.8) is 0 Å². The second-order valence-corrected chi connectivity index (χ2v) is 5.61. The van der Waals surface area contributed by atoms with Crippen molar-refractivity contribution in [1.82, 2.24) is 0 Å². The molecular weight excluding hydrogens is 256 g/mol. The predicted octanol–water partition coefficient (Wildman–Crippen LogP) is 2.63. The maximum absolute atomic E-state index is 11.0. The Kier molecular flexibility index (Phi) is 10.7. The summed E-state index contributed by atoms with van der Waals surface area (Å²) in [7, 11) is 0. The summed E-state index contributed by atoms with van der Waals surface area (Å²) in [5.74, 6) is -0.384. The Morgan fingerprint density at radius 2 is 1.25 bits per heavy atom. The highest BCUT2D eigenvalue weighted by Gasteiger charge is 2.16. The molecule has 0 fully saturated rings. The van der Waals surface area contributed by atoms with E-state index in [0.717, 1.165) is 38.0 Å². The summed E-state index contributed by atoms with van der Waals surface area (Å²) in [5.41, 5.74) is 0. The van der Waals surface area contributed by atoms with Gasteiger partial charge in [0.05, 0.1) is 0 Å². The van der Waals surface area contributed by atoms with Gasteiger partial charge >= 0.3 is 0 Å². The number of carbonyl (C=O) groups excluding carboxylic acids is 4. The second kappa shape index (κ2) is 11.5. The van der Waals surface area contributed by atoms with Crippen molar-refractivity contribution in [3.05, 3.63) is 0 Å². The van der Waals surface area contributed by atoms with E-state index in [-0.39, 0.29) is 23.7 Å².